The van der Waals surface area contributed by atoms with Gasteiger partial charge in [0.1, 0.15) is 12.1 Å². The van der Waals surface area contributed by atoms with Crippen LogP contribution in [0.2, 0.25) is 0 Å². The lowest BCUT2D eigenvalue weighted by Crippen LogP contribution is -2.37. The first-order valence-corrected chi connectivity index (χ1v) is 9.04. The maximum Gasteiger partial charge on any atom is 0.278 e. The number of carbonyl (C=O) groups excluding carboxylic acids is 1. The topological polar surface area (TPSA) is 76.9 Å². The maximum atomic E-state index is 12.4. The fourth-order valence-corrected chi connectivity index (χ4v) is 4.12. The second kappa shape index (κ2) is 6.68. The molecule has 0 unspecified atom stereocenters. The molecule has 0 aliphatic carbocycles. The Balaban J connectivity index is 1.54. The zero-order chi connectivity index (χ0) is 17.2. The summed E-state index contributed by atoms with van der Waals surface area (Å²) < 4.78 is 1.11. The Morgan fingerprint density at radius 1 is 1.20 bits per heavy atom. The van der Waals surface area contributed by atoms with Crippen LogP contribution in [0, 0.1) is 0 Å². The number of nitrogens with zero attached hydrogens (tertiary/aromatic N) is 3. The minimum absolute atomic E-state index is 0.0333. The van der Waals surface area contributed by atoms with Gasteiger partial charge in [0.15, 0.2) is 0 Å². The van der Waals surface area contributed by atoms with E-state index in [9.17, 15) is 9.59 Å². The summed E-state index contributed by atoms with van der Waals surface area (Å²) in [5, 5.41) is 11.4. The van der Waals surface area contributed by atoms with Gasteiger partial charge in [0.2, 0.25) is 5.91 Å². The van der Waals surface area contributed by atoms with E-state index in [-0.39, 0.29) is 24.1 Å². The molecule has 0 fully saturated rings. The number of carbonyl (C=O) groups is 1. The number of thioether (sulfide) groups is 1. The van der Waals surface area contributed by atoms with Gasteiger partial charge in [-0.05, 0) is 30.2 Å². The Morgan fingerprint density at radius 2 is 2.00 bits per heavy atom. The molecule has 4 rings (SSSR count). The molecule has 2 aromatic carbocycles. The number of benzene rings is 2. The van der Waals surface area contributed by atoms with E-state index in [0.29, 0.717) is 10.9 Å². The number of amides is 1. The van der Waals surface area contributed by atoms with Crippen molar-refractivity contribution < 1.29 is 4.79 Å². The van der Waals surface area contributed by atoms with Crippen LogP contribution in [-0.4, -0.2) is 26.7 Å². The van der Waals surface area contributed by atoms with Crippen molar-refractivity contribution in [1.29, 1.82) is 0 Å². The fraction of sp³-hybridized carbons (Fsp3) is 0.222. The molecule has 3 aromatic rings. The Bertz CT molecular complexity index is 1000. The second-order valence-corrected chi connectivity index (χ2v) is 7.00. The zero-order valence-electron chi connectivity index (χ0n) is 13.4. The van der Waals surface area contributed by atoms with Crippen molar-refractivity contribution in [3.05, 3.63) is 64.4 Å². The average Bonchev–Trinajstić information content (AvgIpc) is 2.65. The standard InChI is InChI=1S/C18H16N4O2S/c23-17(19-14-9-10-25-16-8-4-2-5-12(14)16)11-22-18(24)13-6-1-3-7-15(13)20-21-22/h1-8,14H,9-11H2,(H,19,23)/t14-/m0/s1. The van der Waals surface area contributed by atoms with Crippen LogP contribution >= 0.6 is 11.8 Å². The third-order valence-electron chi connectivity index (χ3n) is 4.22. The molecule has 0 saturated heterocycles. The summed E-state index contributed by atoms with van der Waals surface area (Å²) in [6.45, 7) is -0.136. The Morgan fingerprint density at radius 3 is 2.92 bits per heavy atom. The van der Waals surface area contributed by atoms with E-state index >= 15 is 0 Å². The molecule has 1 atom stereocenters. The predicted octanol–water partition coefficient (Wildman–Crippen LogP) is 2.14. The van der Waals surface area contributed by atoms with E-state index < -0.39 is 0 Å². The first-order valence-electron chi connectivity index (χ1n) is 8.06. The molecule has 0 radical (unpaired) electrons. The van der Waals surface area contributed by atoms with Gasteiger partial charge < -0.3 is 5.32 Å². The van der Waals surface area contributed by atoms with Gasteiger partial charge in [0, 0.05) is 10.6 Å². The first kappa shape index (κ1) is 15.8. The molecule has 7 heteroatoms. The van der Waals surface area contributed by atoms with Crippen LogP contribution in [0.4, 0.5) is 0 Å². The number of nitrogens with one attached hydrogen (secondary N) is 1. The van der Waals surface area contributed by atoms with Crippen LogP contribution in [0.1, 0.15) is 18.0 Å². The summed E-state index contributed by atoms with van der Waals surface area (Å²) in [5.74, 6) is 0.718. The molecule has 0 bridgehead atoms. The highest BCUT2D eigenvalue weighted by Crippen LogP contribution is 2.35. The minimum Gasteiger partial charge on any atom is -0.348 e. The van der Waals surface area contributed by atoms with Gasteiger partial charge in [-0.1, -0.05) is 35.5 Å². The highest BCUT2D eigenvalue weighted by atomic mass is 32.2. The lowest BCUT2D eigenvalue weighted by molar-refractivity contribution is -0.122. The van der Waals surface area contributed by atoms with Crippen LogP contribution in [0.3, 0.4) is 0 Å². The Kier molecular flexibility index (Phi) is 4.23. The molecular weight excluding hydrogens is 336 g/mol. The lowest BCUT2D eigenvalue weighted by Gasteiger charge is -2.25. The van der Waals surface area contributed by atoms with E-state index in [1.165, 1.54) is 4.90 Å². The number of hydrogen-bond acceptors (Lipinski definition) is 5. The number of aromatic nitrogens is 3. The Labute approximate surface area is 148 Å². The number of rotatable bonds is 3. The van der Waals surface area contributed by atoms with Crippen LogP contribution in [0.15, 0.2) is 58.2 Å². The van der Waals surface area contributed by atoms with Gasteiger partial charge >= 0.3 is 0 Å². The Hall–Kier alpha value is -2.67. The van der Waals surface area contributed by atoms with Crippen molar-refractivity contribution in [3.8, 4) is 0 Å². The fourth-order valence-electron chi connectivity index (χ4n) is 2.99. The average molecular weight is 352 g/mol. The molecule has 1 amide bonds. The molecular formula is C18H16N4O2S. The van der Waals surface area contributed by atoms with E-state index in [4.69, 9.17) is 0 Å². The molecule has 2 heterocycles. The van der Waals surface area contributed by atoms with Crippen molar-refractivity contribution in [2.45, 2.75) is 23.9 Å². The maximum absolute atomic E-state index is 12.4. The minimum atomic E-state index is -0.305. The van der Waals surface area contributed by atoms with Crippen LogP contribution in [0.5, 0.6) is 0 Å². The van der Waals surface area contributed by atoms with E-state index in [0.717, 1.165) is 22.4 Å². The summed E-state index contributed by atoms with van der Waals surface area (Å²) in [6, 6.07) is 15.0. The smallest absolute Gasteiger partial charge is 0.278 e. The van der Waals surface area contributed by atoms with Gasteiger partial charge in [0.05, 0.1) is 11.4 Å². The molecule has 25 heavy (non-hydrogen) atoms. The quantitative estimate of drug-likeness (QED) is 0.781. The van der Waals surface area contributed by atoms with Crippen molar-refractivity contribution in [2.75, 3.05) is 5.75 Å². The lowest BCUT2D eigenvalue weighted by atomic mass is 10.0. The predicted molar refractivity (Wildman–Crippen MR) is 96.5 cm³/mol. The molecule has 126 valence electrons. The van der Waals surface area contributed by atoms with Crippen LogP contribution in [-0.2, 0) is 11.3 Å². The summed E-state index contributed by atoms with van der Waals surface area (Å²) in [4.78, 5) is 26.1. The van der Waals surface area contributed by atoms with E-state index in [1.54, 1.807) is 36.0 Å². The zero-order valence-corrected chi connectivity index (χ0v) is 14.2. The van der Waals surface area contributed by atoms with Gasteiger partial charge in [0.25, 0.3) is 5.56 Å². The highest BCUT2D eigenvalue weighted by molar-refractivity contribution is 7.99. The first-order chi connectivity index (χ1) is 12.2. The summed E-state index contributed by atoms with van der Waals surface area (Å²) in [5.41, 5.74) is 1.35. The third-order valence-corrected chi connectivity index (χ3v) is 5.34. The summed E-state index contributed by atoms with van der Waals surface area (Å²) in [7, 11) is 0. The molecule has 1 N–H and O–H groups in total. The SMILES string of the molecule is O=C(Cn1nnc2ccccc2c1=O)N[C@H]1CCSc2ccccc21. The van der Waals surface area contributed by atoms with Gasteiger partial charge in [-0.15, -0.1) is 16.9 Å². The normalized spacial score (nSPS) is 16.4. The largest absolute Gasteiger partial charge is 0.348 e. The van der Waals surface area contributed by atoms with Crippen molar-refractivity contribution in [2.24, 2.45) is 0 Å². The van der Waals surface area contributed by atoms with Crippen LogP contribution in [0.25, 0.3) is 10.9 Å². The molecule has 0 saturated carbocycles. The van der Waals surface area contributed by atoms with Crippen LogP contribution < -0.4 is 10.9 Å². The molecule has 0 spiro atoms. The van der Waals surface area contributed by atoms with Gasteiger partial charge in [-0.3, -0.25) is 9.59 Å². The van der Waals surface area contributed by atoms with Crippen molar-refractivity contribution in [1.82, 2.24) is 20.3 Å². The molecule has 1 aromatic heterocycles. The highest BCUT2D eigenvalue weighted by Gasteiger charge is 2.22. The molecule has 1 aliphatic heterocycles. The second-order valence-electron chi connectivity index (χ2n) is 5.86. The van der Waals surface area contributed by atoms with Gasteiger partial charge in [-0.2, -0.15) is 0 Å². The monoisotopic (exact) mass is 352 g/mol. The third kappa shape index (κ3) is 3.15. The van der Waals surface area contributed by atoms with Crippen molar-refractivity contribution in [3.63, 3.8) is 0 Å². The number of fused-ring (bicyclic) bond motifs is 2. The van der Waals surface area contributed by atoms with Crippen molar-refractivity contribution >= 4 is 28.6 Å². The summed E-state index contributed by atoms with van der Waals surface area (Å²) >= 11 is 1.80. The molecule has 6 nitrogen and oxygen atoms in total. The summed E-state index contributed by atoms with van der Waals surface area (Å²) in [6.07, 6.45) is 0.867. The van der Waals surface area contributed by atoms with E-state index in [1.807, 2.05) is 18.2 Å². The molecule has 1 aliphatic rings. The van der Waals surface area contributed by atoms with Gasteiger partial charge in [-0.25, -0.2) is 4.68 Å². The number of hydrogen-bond donors (Lipinski definition) is 1. The van der Waals surface area contributed by atoms with E-state index in [2.05, 4.69) is 21.7 Å².